The molecule has 252 valence electrons. The zero-order valence-electron chi connectivity index (χ0n) is 29.1. The predicted molar refractivity (Wildman–Crippen MR) is 222 cm³/mol. The minimum atomic E-state index is 0.581. The molecular weight excluding hydrogens is 659 g/mol. The molecule has 0 N–H and O–H groups in total. The zero-order valence-corrected chi connectivity index (χ0v) is 29.1. The molecule has 0 spiro atoms. The van der Waals surface area contributed by atoms with Gasteiger partial charge in [0.25, 0.3) is 0 Å². The fourth-order valence-electron chi connectivity index (χ4n) is 8.07. The Bertz CT molecular complexity index is 3140. The van der Waals surface area contributed by atoms with Gasteiger partial charge in [-0.25, -0.2) is 4.98 Å². The fraction of sp³-hybridized carbons (Fsp3) is 0. The summed E-state index contributed by atoms with van der Waals surface area (Å²) < 4.78 is 4.60. The number of fused-ring (bicyclic) bond motifs is 8. The summed E-state index contributed by atoms with van der Waals surface area (Å²) >= 11 is 0. The van der Waals surface area contributed by atoms with Crippen LogP contribution in [-0.4, -0.2) is 24.1 Å². The average Bonchev–Trinajstić information content (AvgIpc) is 3.77. The number of hydrogen-bond donors (Lipinski definition) is 0. The second-order valence-corrected chi connectivity index (χ2v) is 13.7. The average molecular weight is 690 g/mol. The van der Waals surface area contributed by atoms with E-state index in [0.717, 1.165) is 60.5 Å². The summed E-state index contributed by atoms with van der Waals surface area (Å²) in [5.74, 6) is 1.84. The molecule has 54 heavy (non-hydrogen) atoms. The van der Waals surface area contributed by atoms with Crippen molar-refractivity contribution in [3.63, 3.8) is 0 Å². The van der Waals surface area contributed by atoms with Gasteiger partial charge in [-0.05, 0) is 52.9 Å². The summed E-state index contributed by atoms with van der Waals surface area (Å²) in [7, 11) is 0. The van der Waals surface area contributed by atoms with Gasteiger partial charge in [-0.2, -0.15) is 9.97 Å². The molecule has 0 amide bonds. The summed E-state index contributed by atoms with van der Waals surface area (Å²) in [5, 5.41) is 7.05. The van der Waals surface area contributed by atoms with Crippen LogP contribution in [0.1, 0.15) is 0 Å². The predicted octanol–water partition coefficient (Wildman–Crippen LogP) is 12.2. The van der Waals surface area contributed by atoms with Gasteiger partial charge in [0.1, 0.15) is 0 Å². The quantitative estimate of drug-likeness (QED) is 0.181. The Morgan fingerprint density at radius 1 is 0.315 bits per heavy atom. The fourth-order valence-corrected chi connectivity index (χ4v) is 8.07. The van der Waals surface area contributed by atoms with Crippen LogP contribution in [-0.2, 0) is 0 Å². The van der Waals surface area contributed by atoms with E-state index in [-0.39, 0.29) is 0 Å². The third-order valence-corrected chi connectivity index (χ3v) is 10.6. The van der Waals surface area contributed by atoms with Gasteiger partial charge in [-0.3, -0.25) is 4.57 Å². The maximum Gasteiger partial charge on any atom is 0.238 e. The van der Waals surface area contributed by atoms with Gasteiger partial charge in [0.05, 0.1) is 22.1 Å². The minimum absolute atomic E-state index is 0.581. The first-order valence-corrected chi connectivity index (χ1v) is 18.2. The highest BCUT2D eigenvalue weighted by molar-refractivity contribution is 6.19. The van der Waals surface area contributed by atoms with Gasteiger partial charge < -0.3 is 4.57 Å². The molecule has 5 heteroatoms. The number of benzene rings is 8. The standard InChI is InChI=1S/C49H31N5/c1-4-15-33(16-5-1)47-50-48(34-17-6-2-7-18-34)52-49(51-47)54-45-31-36(25-27-40(45)41-28-24-32-14-10-11-21-38(32)46(41)54)35-26-29-44-42(30-35)39-22-12-13-23-43(39)53(44)37-19-8-3-9-20-37/h1-31H. The first-order chi connectivity index (χ1) is 26.8. The molecule has 0 bridgehead atoms. The molecule has 0 aliphatic rings. The Labute approximate surface area is 311 Å². The molecule has 3 heterocycles. The molecule has 0 atom stereocenters. The largest absolute Gasteiger partial charge is 0.309 e. The Morgan fingerprint density at radius 3 is 1.61 bits per heavy atom. The molecule has 0 fully saturated rings. The topological polar surface area (TPSA) is 48.5 Å². The third kappa shape index (κ3) is 4.76. The molecule has 0 saturated heterocycles. The second kappa shape index (κ2) is 12.1. The zero-order chi connectivity index (χ0) is 35.6. The molecule has 5 nitrogen and oxygen atoms in total. The molecule has 0 radical (unpaired) electrons. The van der Waals surface area contributed by atoms with Gasteiger partial charge in [0.15, 0.2) is 11.6 Å². The van der Waals surface area contributed by atoms with Crippen LogP contribution in [0, 0.1) is 0 Å². The molecule has 0 aliphatic carbocycles. The van der Waals surface area contributed by atoms with Crippen molar-refractivity contribution in [3.8, 4) is 45.5 Å². The smallest absolute Gasteiger partial charge is 0.238 e. The number of nitrogens with zero attached hydrogens (tertiary/aromatic N) is 5. The maximum absolute atomic E-state index is 5.23. The molecule has 3 aromatic heterocycles. The van der Waals surface area contributed by atoms with E-state index in [0.29, 0.717) is 17.6 Å². The number of rotatable bonds is 5. The lowest BCUT2D eigenvalue weighted by molar-refractivity contribution is 0.955. The molecule has 11 aromatic rings. The van der Waals surface area contributed by atoms with Gasteiger partial charge in [0, 0.05) is 43.7 Å². The highest BCUT2D eigenvalue weighted by atomic mass is 15.2. The summed E-state index contributed by atoms with van der Waals surface area (Å²) in [6.45, 7) is 0. The van der Waals surface area contributed by atoms with Crippen molar-refractivity contribution in [1.82, 2.24) is 24.1 Å². The summed E-state index contributed by atoms with van der Waals surface area (Å²) in [6, 6.07) is 66.3. The van der Waals surface area contributed by atoms with E-state index in [2.05, 4.69) is 161 Å². The van der Waals surface area contributed by atoms with E-state index in [4.69, 9.17) is 15.0 Å². The van der Waals surface area contributed by atoms with Crippen molar-refractivity contribution in [2.45, 2.75) is 0 Å². The van der Waals surface area contributed by atoms with Crippen LogP contribution in [0.2, 0.25) is 0 Å². The summed E-state index contributed by atoms with van der Waals surface area (Å²) in [4.78, 5) is 15.5. The van der Waals surface area contributed by atoms with Crippen LogP contribution in [0.5, 0.6) is 0 Å². The van der Waals surface area contributed by atoms with Crippen molar-refractivity contribution < 1.29 is 0 Å². The van der Waals surface area contributed by atoms with Crippen molar-refractivity contribution in [2.75, 3.05) is 0 Å². The summed E-state index contributed by atoms with van der Waals surface area (Å²) in [6.07, 6.45) is 0. The molecular formula is C49H31N5. The first kappa shape index (κ1) is 30.3. The molecule has 0 unspecified atom stereocenters. The highest BCUT2D eigenvalue weighted by Gasteiger charge is 2.21. The monoisotopic (exact) mass is 689 g/mol. The molecule has 0 saturated carbocycles. The molecule has 11 rings (SSSR count). The van der Waals surface area contributed by atoms with Crippen LogP contribution >= 0.6 is 0 Å². The Morgan fingerprint density at radius 2 is 0.870 bits per heavy atom. The number of hydrogen-bond acceptors (Lipinski definition) is 3. The van der Waals surface area contributed by atoms with Gasteiger partial charge >= 0.3 is 0 Å². The third-order valence-electron chi connectivity index (χ3n) is 10.6. The van der Waals surface area contributed by atoms with Gasteiger partial charge in [-0.15, -0.1) is 0 Å². The Balaban J connectivity index is 1.19. The lowest BCUT2D eigenvalue weighted by Gasteiger charge is -2.12. The van der Waals surface area contributed by atoms with Crippen molar-refractivity contribution in [3.05, 3.63) is 188 Å². The van der Waals surface area contributed by atoms with Gasteiger partial charge in [-0.1, -0.05) is 152 Å². The Kier molecular flexibility index (Phi) is 6.79. The van der Waals surface area contributed by atoms with E-state index in [9.17, 15) is 0 Å². The minimum Gasteiger partial charge on any atom is -0.309 e. The van der Waals surface area contributed by atoms with E-state index < -0.39 is 0 Å². The van der Waals surface area contributed by atoms with Crippen molar-refractivity contribution in [2.24, 2.45) is 0 Å². The Hall–Kier alpha value is -7.37. The normalized spacial score (nSPS) is 11.7. The van der Waals surface area contributed by atoms with Crippen LogP contribution in [0.15, 0.2) is 188 Å². The van der Waals surface area contributed by atoms with Crippen molar-refractivity contribution in [1.29, 1.82) is 0 Å². The van der Waals surface area contributed by atoms with Crippen LogP contribution in [0.3, 0.4) is 0 Å². The van der Waals surface area contributed by atoms with Crippen LogP contribution < -0.4 is 0 Å². The maximum atomic E-state index is 5.23. The highest BCUT2D eigenvalue weighted by Crippen LogP contribution is 2.40. The molecule has 8 aromatic carbocycles. The van der Waals surface area contributed by atoms with Crippen molar-refractivity contribution >= 4 is 54.4 Å². The first-order valence-electron chi connectivity index (χ1n) is 18.2. The number of para-hydroxylation sites is 2. The van der Waals surface area contributed by atoms with E-state index in [1.54, 1.807) is 0 Å². The SMILES string of the molecule is c1ccc(-c2nc(-c3ccccc3)nc(-n3c4cc(-c5ccc6c(c5)c5ccccc5n6-c5ccccc5)ccc4c4ccc5ccccc5c43)n2)cc1. The lowest BCUT2D eigenvalue weighted by atomic mass is 10.0. The van der Waals surface area contributed by atoms with E-state index in [1.165, 1.54) is 21.8 Å². The number of aromatic nitrogens is 5. The van der Waals surface area contributed by atoms with Crippen LogP contribution in [0.25, 0.3) is 99.9 Å². The van der Waals surface area contributed by atoms with Gasteiger partial charge in [0.2, 0.25) is 5.95 Å². The summed E-state index contributed by atoms with van der Waals surface area (Å²) in [5.41, 5.74) is 9.77. The lowest BCUT2D eigenvalue weighted by Crippen LogP contribution is -2.06. The van der Waals surface area contributed by atoms with E-state index >= 15 is 0 Å². The van der Waals surface area contributed by atoms with Crippen LogP contribution in [0.4, 0.5) is 0 Å². The molecule has 0 aliphatic heterocycles. The second-order valence-electron chi connectivity index (χ2n) is 13.7. The van der Waals surface area contributed by atoms with E-state index in [1.807, 2.05) is 36.4 Å².